The molecule has 0 aliphatic rings. The average molecular weight is 261 g/mol. The summed E-state index contributed by atoms with van der Waals surface area (Å²) < 4.78 is 1.68. The number of fused-ring (bicyclic) bond motifs is 1. The second-order valence-corrected chi connectivity index (χ2v) is 5.42. The van der Waals surface area contributed by atoms with E-state index in [0.29, 0.717) is 6.54 Å². The van der Waals surface area contributed by atoms with Crippen LogP contribution >= 0.6 is 0 Å². The fraction of sp³-hybridized carbons (Fsp3) is 0.429. The third-order valence-electron chi connectivity index (χ3n) is 2.89. The monoisotopic (exact) mass is 261 g/mol. The summed E-state index contributed by atoms with van der Waals surface area (Å²) in [6, 6.07) is 7.76. The van der Waals surface area contributed by atoms with Crippen LogP contribution in [0.4, 0.5) is 0 Å². The Morgan fingerprint density at radius 1 is 1.42 bits per heavy atom. The molecule has 5 nitrogen and oxygen atoms in total. The predicted molar refractivity (Wildman–Crippen MR) is 73.7 cm³/mol. The molecule has 1 aromatic carbocycles. The van der Waals surface area contributed by atoms with Gasteiger partial charge in [-0.3, -0.25) is 9.48 Å². The zero-order chi connectivity index (χ0) is 14.0. The topological polar surface area (TPSA) is 58.4 Å². The Bertz CT molecular complexity index is 584. The van der Waals surface area contributed by atoms with Gasteiger partial charge in [-0.25, -0.2) is 0 Å². The van der Waals surface area contributed by atoms with E-state index >= 15 is 0 Å². The van der Waals surface area contributed by atoms with Crippen molar-refractivity contribution in [2.45, 2.75) is 26.0 Å². The molecule has 0 spiro atoms. The van der Waals surface area contributed by atoms with Crippen LogP contribution in [0.5, 0.6) is 0 Å². The molecule has 2 aromatic rings. The van der Waals surface area contributed by atoms with Gasteiger partial charge in [0.05, 0.1) is 17.3 Å². The van der Waals surface area contributed by atoms with Gasteiger partial charge in [0.15, 0.2) is 0 Å². The van der Waals surface area contributed by atoms with Crippen molar-refractivity contribution in [3.05, 3.63) is 30.5 Å². The lowest BCUT2D eigenvalue weighted by atomic mass is 10.1. The van der Waals surface area contributed by atoms with Crippen molar-refractivity contribution in [3.63, 3.8) is 0 Å². The van der Waals surface area contributed by atoms with E-state index in [1.54, 1.807) is 31.8 Å². The van der Waals surface area contributed by atoms with E-state index in [1.807, 2.05) is 24.3 Å². The minimum absolute atomic E-state index is 0.0732. The Morgan fingerprint density at radius 3 is 2.79 bits per heavy atom. The van der Waals surface area contributed by atoms with Crippen LogP contribution in [0.15, 0.2) is 30.5 Å². The number of hydrogen-bond acceptors (Lipinski definition) is 3. The lowest BCUT2D eigenvalue weighted by molar-refractivity contribution is -0.133. The molecule has 0 aliphatic carbocycles. The van der Waals surface area contributed by atoms with Crippen molar-refractivity contribution in [1.82, 2.24) is 14.7 Å². The lowest BCUT2D eigenvalue weighted by Crippen LogP contribution is -2.41. The highest BCUT2D eigenvalue weighted by atomic mass is 16.3. The van der Waals surface area contributed by atoms with Crippen molar-refractivity contribution < 1.29 is 9.90 Å². The normalized spacial score (nSPS) is 11.8. The first kappa shape index (κ1) is 13.5. The van der Waals surface area contributed by atoms with Crippen molar-refractivity contribution in [2.75, 3.05) is 13.6 Å². The van der Waals surface area contributed by atoms with Crippen LogP contribution in [0.2, 0.25) is 0 Å². The number of benzene rings is 1. The summed E-state index contributed by atoms with van der Waals surface area (Å²) in [6.45, 7) is 3.84. The van der Waals surface area contributed by atoms with Crippen LogP contribution in [0.25, 0.3) is 10.9 Å². The molecule has 19 heavy (non-hydrogen) atoms. The molecule has 0 bridgehead atoms. The van der Waals surface area contributed by atoms with E-state index in [0.717, 1.165) is 10.9 Å². The van der Waals surface area contributed by atoms with Crippen LogP contribution in [-0.2, 0) is 11.3 Å². The number of nitrogens with zero attached hydrogens (tertiary/aromatic N) is 3. The number of aromatic nitrogens is 2. The first-order valence-electron chi connectivity index (χ1n) is 6.24. The van der Waals surface area contributed by atoms with Crippen LogP contribution in [0.1, 0.15) is 13.8 Å². The molecule has 0 radical (unpaired) electrons. The predicted octanol–water partition coefficient (Wildman–Crippen LogP) is 1.27. The number of rotatable bonds is 4. The fourth-order valence-corrected chi connectivity index (χ4v) is 2.07. The Kier molecular flexibility index (Phi) is 3.57. The zero-order valence-corrected chi connectivity index (χ0v) is 11.5. The van der Waals surface area contributed by atoms with E-state index in [2.05, 4.69) is 5.10 Å². The lowest BCUT2D eigenvalue weighted by Gasteiger charge is -2.25. The quantitative estimate of drug-likeness (QED) is 0.901. The molecule has 0 atom stereocenters. The van der Waals surface area contributed by atoms with Crippen molar-refractivity contribution >= 4 is 16.8 Å². The molecule has 0 aliphatic heterocycles. The van der Waals surface area contributed by atoms with Crippen LogP contribution in [0, 0.1) is 0 Å². The molecule has 1 heterocycles. The summed E-state index contributed by atoms with van der Waals surface area (Å²) in [5, 5.41) is 15.0. The molecule has 5 heteroatoms. The largest absolute Gasteiger partial charge is 0.389 e. The van der Waals surface area contributed by atoms with E-state index in [-0.39, 0.29) is 12.5 Å². The molecule has 1 N–H and O–H groups in total. The average Bonchev–Trinajstić information content (AvgIpc) is 2.70. The van der Waals surface area contributed by atoms with Crippen LogP contribution in [-0.4, -0.2) is 44.9 Å². The minimum Gasteiger partial charge on any atom is -0.389 e. The molecule has 102 valence electrons. The van der Waals surface area contributed by atoms with Crippen molar-refractivity contribution in [1.29, 1.82) is 0 Å². The Balaban J connectivity index is 2.11. The maximum Gasteiger partial charge on any atom is 0.244 e. The molecular weight excluding hydrogens is 242 g/mol. The standard InChI is InChI=1S/C14H19N3O2/c1-14(2,19)10-16(3)13(18)9-17-12-7-5-4-6-11(12)8-15-17/h4-8,19H,9-10H2,1-3H3. The van der Waals surface area contributed by atoms with Gasteiger partial charge < -0.3 is 10.0 Å². The molecule has 1 amide bonds. The first-order valence-corrected chi connectivity index (χ1v) is 6.24. The van der Waals surface area contributed by atoms with Gasteiger partial charge in [-0.15, -0.1) is 0 Å². The van der Waals surface area contributed by atoms with E-state index < -0.39 is 5.60 Å². The van der Waals surface area contributed by atoms with E-state index in [9.17, 15) is 9.90 Å². The van der Waals surface area contributed by atoms with Gasteiger partial charge >= 0.3 is 0 Å². The highest BCUT2D eigenvalue weighted by Crippen LogP contribution is 2.13. The number of para-hydroxylation sites is 1. The minimum atomic E-state index is -0.892. The van der Waals surface area contributed by atoms with Gasteiger partial charge in [0.1, 0.15) is 6.54 Å². The number of aliphatic hydroxyl groups is 1. The van der Waals surface area contributed by atoms with Gasteiger partial charge in [0.2, 0.25) is 5.91 Å². The van der Waals surface area contributed by atoms with Gasteiger partial charge in [0.25, 0.3) is 0 Å². The number of hydrogen-bond donors (Lipinski definition) is 1. The van der Waals surface area contributed by atoms with Crippen molar-refractivity contribution in [3.8, 4) is 0 Å². The third-order valence-corrected chi connectivity index (χ3v) is 2.89. The third kappa shape index (κ3) is 3.32. The summed E-state index contributed by atoms with van der Waals surface area (Å²) >= 11 is 0. The first-order chi connectivity index (χ1) is 8.87. The van der Waals surface area contributed by atoms with Gasteiger partial charge in [-0.1, -0.05) is 18.2 Å². The number of carbonyl (C=O) groups is 1. The molecule has 0 unspecified atom stereocenters. The highest BCUT2D eigenvalue weighted by molar-refractivity contribution is 5.81. The number of carbonyl (C=O) groups excluding carboxylic acids is 1. The molecular formula is C14H19N3O2. The van der Waals surface area contributed by atoms with Crippen molar-refractivity contribution in [2.24, 2.45) is 0 Å². The fourth-order valence-electron chi connectivity index (χ4n) is 2.07. The van der Waals surface area contributed by atoms with E-state index in [1.165, 1.54) is 4.90 Å². The highest BCUT2D eigenvalue weighted by Gasteiger charge is 2.20. The molecule has 0 saturated carbocycles. The van der Waals surface area contributed by atoms with E-state index in [4.69, 9.17) is 0 Å². The Labute approximate surface area is 112 Å². The number of likely N-dealkylation sites (N-methyl/N-ethyl adjacent to an activating group) is 1. The summed E-state index contributed by atoms with van der Waals surface area (Å²) in [5.41, 5.74) is 0.0452. The molecule has 0 saturated heterocycles. The smallest absolute Gasteiger partial charge is 0.244 e. The second kappa shape index (κ2) is 5.01. The SMILES string of the molecule is CN(CC(C)(C)O)C(=O)Cn1ncc2ccccc21. The van der Waals surface area contributed by atoms with Crippen LogP contribution in [0.3, 0.4) is 0 Å². The maximum atomic E-state index is 12.1. The van der Waals surface area contributed by atoms with Gasteiger partial charge in [-0.2, -0.15) is 5.10 Å². The molecule has 1 aromatic heterocycles. The van der Waals surface area contributed by atoms with Gasteiger partial charge in [0, 0.05) is 19.0 Å². The summed E-state index contributed by atoms with van der Waals surface area (Å²) in [6.07, 6.45) is 1.75. The molecule has 0 fully saturated rings. The van der Waals surface area contributed by atoms with Crippen LogP contribution < -0.4 is 0 Å². The maximum absolute atomic E-state index is 12.1. The summed E-state index contributed by atoms with van der Waals surface area (Å²) in [5.74, 6) is -0.0732. The number of amides is 1. The molecule has 2 rings (SSSR count). The second-order valence-electron chi connectivity index (χ2n) is 5.42. The zero-order valence-electron chi connectivity index (χ0n) is 11.5. The Morgan fingerprint density at radius 2 is 2.11 bits per heavy atom. The Hall–Kier alpha value is -1.88. The summed E-state index contributed by atoms with van der Waals surface area (Å²) in [7, 11) is 1.69. The summed E-state index contributed by atoms with van der Waals surface area (Å²) in [4.78, 5) is 13.6. The van der Waals surface area contributed by atoms with Gasteiger partial charge in [-0.05, 0) is 19.9 Å².